The largest absolute Gasteiger partial charge is 0.493 e. The fourth-order valence-corrected chi connectivity index (χ4v) is 12.3. The number of hydrogen-bond acceptors (Lipinski definition) is 14. The number of methoxy groups -OCH3 is 2. The van der Waals surface area contributed by atoms with Crippen LogP contribution in [0.2, 0.25) is 0 Å². The molecule has 0 aromatic heterocycles. The van der Waals surface area contributed by atoms with Crippen LogP contribution in [0.4, 0.5) is 22.7 Å². The molecule has 7 rings (SSSR count). The van der Waals surface area contributed by atoms with Crippen molar-refractivity contribution in [2.24, 2.45) is 4.99 Å². The zero-order chi connectivity index (χ0) is 48.9. The van der Waals surface area contributed by atoms with Gasteiger partial charge in [0.05, 0.1) is 67.7 Å². The highest BCUT2D eigenvalue weighted by Gasteiger charge is 2.39. The molecule has 3 aromatic carbocycles. The SMILES string of the molecule is C=CC1=C(/C=C\C)C[C@H]2CNc3cc(OCCCOc4cc5c(cc4OC)C(=O)N4c6cc(NC(=O)CCC(C)(C)SSCCC(C(C)=O)S(=O)(=O)O)ccc6C[C@H]4C=N5)c(OC)cc3C(=O)N12. The number of carbonyl (C=O) groups is 4. The number of nitrogens with one attached hydrogen (secondary N) is 2. The molecule has 0 saturated carbocycles. The fraction of sp³-hybridized carbons (Fsp3) is 0.408. The van der Waals surface area contributed by atoms with Crippen LogP contribution in [0, 0.1) is 0 Å². The van der Waals surface area contributed by atoms with Crippen LogP contribution in [0.15, 0.2) is 83.5 Å². The van der Waals surface area contributed by atoms with Crippen LogP contribution < -0.4 is 34.5 Å². The van der Waals surface area contributed by atoms with Gasteiger partial charge in [0.15, 0.2) is 23.0 Å². The lowest BCUT2D eigenvalue weighted by atomic mass is 10.1. The topological polar surface area (TPSA) is 202 Å². The summed E-state index contributed by atoms with van der Waals surface area (Å²) in [5, 5.41) is 4.97. The second-order valence-electron chi connectivity index (χ2n) is 17.3. The van der Waals surface area contributed by atoms with E-state index in [0.29, 0.717) is 88.4 Å². The van der Waals surface area contributed by atoms with E-state index in [1.54, 1.807) is 47.5 Å². The number of benzene rings is 3. The predicted octanol–water partition coefficient (Wildman–Crippen LogP) is 8.61. The Hall–Kier alpha value is -5.76. The average Bonchev–Trinajstić information content (AvgIpc) is 3.76. The second kappa shape index (κ2) is 21.3. The van der Waals surface area contributed by atoms with Gasteiger partial charge in [-0.3, -0.25) is 33.6 Å². The summed E-state index contributed by atoms with van der Waals surface area (Å²) in [6.45, 7) is 12.1. The van der Waals surface area contributed by atoms with E-state index in [4.69, 9.17) is 23.9 Å². The molecular weight excluding hydrogens is 931 g/mol. The molecule has 4 aliphatic rings. The molecule has 68 heavy (non-hydrogen) atoms. The molecular formula is C49H57N5O11S3. The molecule has 0 fully saturated rings. The van der Waals surface area contributed by atoms with Crippen molar-refractivity contribution in [3.63, 3.8) is 0 Å². The normalized spacial score (nSPS) is 17.9. The number of anilines is 3. The van der Waals surface area contributed by atoms with Crippen molar-refractivity contribution in [2.75, 3.05) is 55.3 Å². The summed E-state index contributed by atoms with van der Waals surface area (Å²) < 4.78 is 55.7. The number of ketones is 1. The van der Waals surface area contributed by atoms with Gasteiger partial charge < -0.3 is 34.5 Å². The molecule has 3 aromatic rings. The molecule has 4 aliphatic heterocycles. The van der Waals surface area contributed by atoms with Crippen molar-refractivity contribution in [1.29, 1.82) is 0 Å². The number of ether oxygens (including phenoxy) is 4. The van der Waals surface area contributed by atoms with Crippen molar-refractivity contribution >= 4 is 84.2 Å². The Morgan fingerprint density at radius 2 is 1.69 bits per heavy atom. The second-order valence-corrected chi connectivity index (χ2v) is 22.1. The standard InChI is InChI=1S/C49H57N5O11S3/c1-8-11-30-20-33-27-50-37-25-43(41(62-6)23-35(37)47(57)53(33)39(30)9-2)64-17-10-18-65-44-26-38-36(24-42(44)63-7)48(58)54-34(28-51-38)21-31-12-13-32(22-40(31)54)52-46(56)14-16-49(4,5)67-66-19-15-45(29(3)55)68(59,60)61/h8-9,11-13,22-26,28,33-34,45,50H,2,10,14-21,27H2,1,3-7H3,(H,52,56)(H,59,60,61)/b11-8-/t33-,34-,45?/m0/s1. The van der Waals surface area contributed by atoms with E-state index in [0.717, 1.165) is 30.2 Å². The summed E-state index contributed by atoms with van der Waals surface area (Å²) in [6, 6.07) is 12.0. The van der Waals surface area contributed by atoms with Crippen LogP contribution in [0.3, 0.4) is 0 Å². The number of amides is 3. The monoisotopic (exact) mass is 987 g/mol. The smallest absolute Gasteiger partial charge is 0.274 e. The van der Waals surface area contributed by atoms with E-state index in [9.17, 15) is 32.1 Å². The Morgan fingerprint density at radius 3 is 2.35 bits per heavy atom. The van der Waals surface area contributed by atoms with E-state index in [1.165, 1.54) is 35.8 Å². The Kier molecular flexibility index (Phi) is 15.7. The number of rotatable bonds is 21. The van der Waals surface area contributed by atoms with Gasteiger partial charge >= 0.3 is 0 Å². The van der Waals surface area contributed by atoms with Crippen LogP contribution in [0.1, 0.15) is 86.1 Å². The van der Waals surface area contributed by atoms with Gasteiger partial charge in [0, 0.05) is 66.0 Å². The van der Waals surface area contributed by atoms with E-state index in [-0.39, 0.29) is 60.6 Å². The maximum atomic E-state index is 14.3. The first-order valence-corrected chi connectivity index (χ1v) is 26.1. The fourth-order valence-electron chi connectivity index (χ4n) is 8.67. The lowest BCUT2D eigenvalue weighted by Crippen LogP contribution is -2.37. The molecule has 0 bridgehead atoms. The number of carbonyl (C=O) groups excluding carboxylic acids is 4. The minimum Gasteiger partial charge on any atom is -0.493 e. The summed E-state index contributed by atoms with van der Waals surface area (Å²) in [7, 11) is 1.45. The van der Waals surface area contributed by atoms with Crippen molar-refractivity contribution in [3.05, 3.63) is 95.2 Å². The molecule has 3 N–H and O–H groups in total. The van der Waals surface area contributed by atoms with E-state index >= 15 is 0 Å². The third-order valence-corrected chi connectivity index (χ3v) is 16.7. The minimum absolute atomic E-state index is 0.00682. The Morgan fingerprint density at radius 1 is 1.00 bits per heavy atom. The molecule has 19 heteroatoms. The van der Waals surface area contributed by atoms with Crippen LogP contribution >= 0.6 is 21.6 Å². The van der Waals surface area contributed by atoms with Gasteiger partial charge in [-0.25, -0.2) is 0 Å². The van der Waals surface area contributed by atoms with Crippen LogP contribution in [0.25, 0.3) is 0 Å². The number of allylic oxidation sites excluding steroid dienone is 3. The van der Waals surface area contributed by atoms with Crippen molar-refractivity contribution in [1.82, 2.24) is 4.90 Å². The summed E-state index contributed by atoms with van der Waals surface area (Å²) >= 11 is 0. The van der Waals surface area contributed by atoms with Gasteiger partial charge in [-0.05, 0) is 88.4 Å². The molecule has 3 amide bonds. The van der Waals surface area contributed by atoms with Crippen molar-refractivity contribution in [2.45, 2.75) is 88.3 Å². The Labute approximate surface area is 405 Å². The summed E-state index contributed by atoms with van der Waals surface area (Å²) in [4.78, 5) is 61.2. The third kappa shape index (κ3) is 11.1. The maximum Gasteiger partial charge on any atom is 0.274 e. The minimum atomic E-state index is -4.46. The molecule has 4 heterocycles. The van der Waals surface area contributed by atoms with E-state index in [2.05, 4.69) is 17.2 Å². The zero-order valence-electron chi connectivity index (χ0n) is 39.0. The van der Waals surface area contributed by atoms with Gasteiger partial charge in [0.1, 0.15) is 11.0 Å². The average molecular weight is 988 g/mol. The number of Topliss-reactive ketones (excluding diaryl/α,β-unsaturated/α-hetero) is 1. The van der Waals surface area contributed by atoms with Gasteiger partial charge in [-0.2, -0.15) is 8.42 Å². The van der Waals surface area contributed by atoms with Crippen molar-refractivity contribution < 1.29 is 51.1 Å². The molecule has 0 saturated heterocycles. The summed E-state index contributed by atoms with van der Waals surface area (Å²) in [5.74, 6) is 0.813. The quantitative estimate of drug-likeness (QED) is 0.0520. The highest BCUT2D eigenvalue weighted by atomic mass is 33.1. The molecule has 362 valence electrons. The summed E-state index contributed by atoms with van der Waals surface area (Å²) in [5.41, 5.74) is 5.95. The highest BCUT2D eigenvalue weighted by Crippen LogP contribution is 2.44. The highest BCUT2D eigenvalue weighted by molar-refractivity contribution is 8.77. The van der Waals surface area contributed by atoms with Gasteiger partial charge in [0.25, 0.3) is 21.9 Å². The Bertz CT molecular complexity index is 2700. The number of fused-ring (bicyclic) bond motifs is 6. The number of aliphatic imine (C=N–C) groups is 1. The number of hydrogen-bond donors (Lipinski definition) is 3. The van der Waals surface area contributed by atoms with Gasteiger partial charge in [-0.1, -0.05) is 46.4 Å². The van der Waals surface area contributed by atoms with Crippen molar-refractivity contribution in [3.8, 4) is 23.0 Å². The summed E-state index contributed by atoms with van der Waals surface area (Å²) in [6.07, 6.45) is 9.94. The third-order valence-electron chi connectivity index (χ3n) is 12.1. The van der Waals surface area contributed by atoms with Gasteiger partial charge in [-0.15, -0.1) is 0 Å². The van der Waals surface area contributed by atoms with Crippen LogP contribution in [0.5, 0.6) is 23.0 Å². The molecule has 3 atom stereocenters. The number of nitrogens with zero attached hydrogens (tertiary/aromatic N) is 3. The first-order valence-electron chi connectivity index (χ1n) is 22.3. The van der Waals surface area contributed by atoms with Gasteiger partial charge in [0.2, 0.25) is 5.91 Å². The molecule has 0 spiro atoms. The molecule has 0 radical (unpaired) electrons. The van der Waals surface area contributed by atoms with E-state index < -0.39 is 21.2 Å². The lowest BCUT2D eigenvalue weighted by Gasteiger charge is -2.24. The van der Waals surface area contributed by atoms with Crippen LogP contribution in [-0.4, -0.2) is 109 Å². The first-order chi connectivity index (χ1) is 32.5. The molecule has 0 aliphatic carbocycles. The molecule has 16 nitrogen and oxygen atoms in total. The lowest BCUT2D eigenvalue weighted by molar-refractivity contribution is -0.117. The maximum absolute atomic E-state index is 14.3. The Balaban J connectivity index is 0.938. The zero-order valence-corrected chi connectivity index (χ0v) is 41.4. The first kappa shape index (κ1) is 50.1. The molecule has 1 unspecified atom stereocenters. The van der Waals surface area contributed by atoms with E-state index in [1.807, 2.05) is 50.0 Å². The predicted molar refractivity (Wildman–Crippen MR) is 268 cm³/mol. The van der Waals surface area contributed by atoms with Crippen LogP contribution in [-0.2, 0) is 26.1 Å².